The molecule has 0 atom stereocenters. The number of benzene rings is 2. The predicted molar refractivity (Wildman–Crippen MR) is 98.7 cm³/mol. The van der Waals surface area contributed by atoms with Gasteiger partial charge in [0.25, 0.3) is 5.91 Å². The molecule has 0 spiro atoms. The molecule has 8 heteroatoms. The highest BCUT2D eigenvalue weighted by Crippen LogP contribution is 2.32. The van der Waals surface area contributed by atoms with Crippen LogP contribution in [0.25, 0.3) is 10.2 Å². The molecule has 140 valence electrons. The van der Waals surface area contributed by atoms with Crippen molar-refractivity contribution in [2.45, 2.75) is 13.5 Å². The third kappa shape index (κ3) is 3.45. The van der Waals surface area contributed by atoms with Gasteiger partial charge in [-0.2, -0.15) is 4.99 Å². The van der Waals surface area contributed by atoms with Gasteiger partial charge >= 0.3 is 0 Å². The van der Waals surface area contributed by atoms with Gasteiger partial charge in [-0.15, -0.1) is 0 Å². The molecule has 4 rings (SSSR count). The fraction of sp³-hybridized carbons (Fsp3) is 0.263. The van der Waals surface area contributed by atoms with Crippen molar-refractivity contribution < 1.29 is 23.4 Å². The van der Waals surface area contributed by atoms with Crippen molar-refractivity contribution in [1.29, 1.82) is 0 Å². The number of hydrogen-bond donors (Lipinski definition) is 0. The molecular weight excluding hydrogens is 371 g/mol. The molecule has 2 heterocycles. The zero-order valence-electron chi connectivity index (χ0n) is 14.6. The molecule has 0 saturated carbocycles. The van der Waals surface area contributed by atoms with Gasteiger partial charge in [0.05, 0.1) is 16.8 Å². The van der Waals surface area contributed by atoms with E-state index in [0.29, 0.717) is 47.1 Å². The Morgan fingerprint density at radius 1 is 1.30 bits per heavy atom. The van der Waals surface area contributed by atoms with Crippen LogP contribution in [0.5, 0.6) is 11.5 Å². The summed E-state index contributed by atoms with van der Waals surface area (Å²) in [6, 6.07) is 9.77. The van der Waals surface area contributed by atoms with Crippen LogP contribution in [0, 0.1) is 5.82 Å². The number of carbonyl (C=O) groups is 1. The lowest BCUT2D eigenvalue weighted by Crippen LogP contribution is -2.20. The Balaban J connectivity index is 1.76. The first-order valence-electron chi connectivity index (χ1n) is 8.51. The molecule has 0 radical (unpaired) electrons. The second-order valence-electron chi connectivity index (χ2n) is 5.80. The quantitative estimate of drug-likeness (QED) is 0.629. The molecule has 1 amide bonds. The SMILES string of the molecule is CCOCCn1c(=NC(=O)c2ccc3c(c2)OCO3)sc2cccc(F)c21. The average Bonchev–Trinajstić information content (AvgIpc) is 3.26. The van der Waals surface area contributed by atoms with Crippen LogP contribution in [0.3, 0.4) is 0 Å². The highest BCUT2D eigenvalue weighted by atomic mass is 32.1. The van der Waals surface area contributed by atoms with Gasteiger partial charge in [0.2, 0.25) is 6.79 Å². The van der Waals surface area contributed by atoms with Gasteiger partial charge in [-0.25, -0.2) is 4.39 Å². The Morgan fingerprint density at radius 2 is 2.15 bits per heavy atom. The Labute approximate surface area is 158 Å². The zero-order chi connectivity index (χ0) is 18.8. The van der Waals surface area contributed by atoms with Crippen molar-refractivity contribution in [3.63, 3.8) is 0 Å². The van der Waals surface area contributed by atoms with E-state index in [4.69, 9.17) is 14.2 Å². The first-order valence-corrected chi connectivity index (χ1v) is 9.33. The smallest absolute Gasteiger partial charge is 0.279 e. The molecule has 1 aliphatic rings. The summed E-state index contributed by atoms with van der Waals surface area (Å²) in [4.78, 5) is 17.3. The summed E-state index contributed by atoms with van der Waals surface area (Å²) in [5.74, 6) is 0.340. The fourth-order valence-electron chi connectivity index (χ4n) is 2.86. The molecule has 0 aliphatic carbocycles. The number of carbonyl (C=O) groups excluding carboxylic acids is 1. The van der Waals surface area contributed by atoms with Gasteiger partial charge in [-0.3, -0.25) is 4.79 Å². The molecule has 6 nitrogen and oxygen atoms in total. The van der Waals surface area contributed by atoms with Gasteiger partial charge in [-0.05, 0) is 37.3 Å². The summed E-state index contributed by atoms with van der Waals surface area (Å²) < 4.78 is 32.7. The van der Waals surface area contributed by atoms with E-state index in [1.54, 1.807) is 28.8 Å². The molecule has 1 aromatic heterocycles. The number of nitrogens with zero attached hydrogens (tertiary/aromatic N) is 2. The summed E-state index contributed by atoms with van der Waals surface area (Å²) in [5, 5.41) is 0. The number of thiazole rings is 1. The average molecular weight is 388 g/mol. The normalized spacial score (nSPS) is 13.5. The molecule has 0 fully saturated rings. The Hall–Kier alpha value is -2.71. The number of hydrogen-bond acceptors (Lipinski definition) is 5. The number of para-hydroxylation sites is 1. The number of rotatable bonds is 5. The molecule has 2 aromatic carbocycles. The minimum Gasteiger partial charge on any atom is -0.454 e. The minimum absolute atomic E-state index is 0.136. The molecule has 0 saturated heterocycles. The van der Waals surface area contributed by atoms with Crippen LogP contribution in [0.4, 0.5) is 4.39 Å². The second kappa shape index (κ2) is 7.50. The number of aromatic nitrogens is 1. The number of amides is 1. The van der Waals surface area contributed by atoms with E-state index in [1.165, 1.54) is 17.4 Å². The van der Waals surface area contributed by atoms with E-state index in [1.807, 2.05) is 13.0 Å². The van der Waals surface area contributed by atoms with Gasteiger partial charge in [0.1, 0.15) is 5.82 Å². The van der Waals surface area contributed by atoms with Crippen molar-refractivity contribution >= 4 is 27.5 Å². The van der Waals surface area contributed by atoms with Crippen molar-refractivity contribution in [2.24, 2.45) is 4.99 Å². The van der Waals surface area contributed by atoms with Crippen molar-refractivity contribution in [3.8, 4) is 11.5 Å². The monoisotopic (exact) mass is 388 g/mol. The lowest BCUT2D eigenvalue weighted by atomic mass is 10.2. The molecule has 3 aromatic rings. The highest BCUT2D eigenvalue weighted by Gasteiger charge is 2.17. The van der Waals surface area contributed by atoms with E-state index in [0.717, 1.165) is 4.70 Å². The van der Waals surface area contributed by atoms with Crippen LogP contribution in [0.15, 0.2) is 41.4 Å². The molecule has 0 N–H and O–H groups in total. The number of fused-ring (bicyclic) bond motifs is 2. The summed E-state index contributed by atoms with van der Waals surface area (Å²) >= 11 is 1.27. The predicted octanol–water partition coefficient (Wildman–Crippen LogP) is 3.35. The molecule has 27 heavy (non-hydrogen) atoms. The summed E-state index contributed by atoms with van der Waals surface area (Å²) in [5.41, 5.74) is 0.813. The summed E-state index contributed by atoms with van der Waals surface area (Å²) in [6.07, 6.45) is 0. The zero-order valence-corrected chi connectivity index (χ0v) is 15.4. The second-order valence-corrected chi connectivity index (χ2v) is 6.81. The Morgan fingerprint density at radius 3 is 3.00 bits per heavy atom. The van der Waals surface area contributed by atoms with E-state index >= 15 is 0 Å². The molecule has 0 bridgehead atoms. The largest absolute Gasteiger partial charge is 0.454 e. The van der Waals surface area contributed by atoms with Crippen LogP contribution >= 0.6 is 11.3 Å². The van der Waals surface area contributed by atoms with Gasteiger partial charge in [0.15, 0.2) is 16.3 Å². The summed E-state index contributed by atoms with van der Waals surface area (Å²) in [6.45, 7) is 3.40. The van der Waals surface area contributed by atoms with Gasteiger partial charge in [-0.1, -0.05) is 17.4 Å². The third-order valence-corrected chi connectivity index (χ3v) is 5.18. The highest BCUT2D eigenvalue weighted by molar-refractivity contribution is 7.16. The first-order chi connectivity index (χ1) is 13.2. The number of halogens is 1. The van der Waals surface area contributed by atoms with Crippen LogP contribution in [0.2, 0.25) is 0 Å². The van der Waals surface area contributed by atoms with Crippen LogP contribution < -0.4 is 14.3 Å². The van der Waals surface area contributed by atoms with Crippen LogP contribution in [-0.2, 0) is 11.3 Å². The fourth-order valence-corrected chi connectivity index (χ4v) is 3.93. The summed E-state index contributed by atoms with van der Waals surface area (Å²) in [7, 11) is 0. The van der Waals surface area contributed by atoms with E-state index in [2.05, 4.69) is 4.99 Å². The van der Waals surface area contributed by atoms with E-state index < -0.39 is 5.91 Å². The van der Waals surface area contributed by atoms with Crippen molar-refractivity contribution in [3.05, 3.63) is 52.6 Å². The standard InChI is InChI=1S/C19H17FN2O4S/c1-2-24-9-8-22-17-13(20)4-3-5-16(17)27-19(22)21-18(23)12-6-7-14-15(10-12)26-11-25-14/h3-7,10H,2,8-9,11H2,1H3. The van der Waals surface area contributed by atoms with Gasteiger partial charge in [0, 0.05) is 18.7 Å². The van der Waals surface area contributed by atoms with E-state index in [9.17, 15) is 9.18 Å². The lowest BCUT2D eigenvalue weighted by molar-refractivity contribution is 0.0996. The topological polar surface area (TPSA) is 62.1 Å². The lowest BCUT2D eigenvalue weighted by Gasteiger charge is -2.06. The Bertz CT molecular complexity index is 1070. The van der Waals surface area contributed by atoms with E-state index in [-0.39, 0.29) is 12.6 Å². The van der Waals surface area contributed by atoms with Gasteiger partial charge < -0.3 is 18.8 Å². The number of ether oxygens (including phenoxy) is 3. The maximum Gasteiger partial charge on any atom is 0.279 e. The molecule has 0 unspecified atom stereocenters. The van der Waals surface area contributed by atoms with Crippen molar-refractivity contribution in [2.75, 3.05) is 20.0 Å². The maximum absolute atomic E-state index is 14.4. The maximum atomic E-state index is 14.4. The molecule has 1 aliphatic heterocycles. The van der Waals surface area contributed by atoms with Crippen molar-refractivity contribution in [1.82, 2.24) is 4.57 Å². The minimum atomic E-state index is -0.426. The molecular formula is C19H17FN2O4S. The van der Waals surface area contributed by atoms with Crippen LogP contribution in [0.1, 0.15) is 17.3 Å². The van der Waals surface area contributed by atoms with Crippen LogP contribution in [-0.4, -0.2) is 30.5 Å². The third-order valence-electron chi connectivity index (χ3n) is 4.13. The first kappa shape index (κ1) is 17.7. The Kier molecular flexibility index (Phi) is 4.91.